The smallest absolute Gasteiger partial charge is 0.177 e. The van der Waals surface area contributed by atoms with Crippen LogP contribution in [-0.4, -0.2) is 20.3 Å². The first-order valence-corrected chi connectivity index (χ1v) is 6.02. The minimum absolute atomic E-state index is 0.148. The summed E-state index contributed by atoms with van der Waals surface area (Å²) in [5.74, 6) is 0.876. The van der Waals surface area contributed by atoms with Gasteiger partial charge in [-0.2, -0.15) is 0 Å². The van der Waals surface area contributed by atoms with Crippen LogP contribution in [0.1, 0.15) is 44.5 Å². The molecule has 2 aromatic heterocycles. The molecule has 0 aliphatic heterocycles. The van der Waals surface area contributed by atoms with Gasteiger partial charge in [-0.05, 0) is 38.8 Å². The maximum absolute atomic E-state index is 11.5. The molecular formula is C13H15N3O. The van der Waals surface area contributed by atoms with E-state index in [1.54, 1.807) is 13.1 Å². The highest BCUT2D eigenvalue weighted by atomic mass is 16.1. The fourth-order valence-electron chi connectivity index (χ4n) is 2.15. The van der Waals surface area contributed by atoms with Gasteiger partial charge in [0.15, 0.2) is 5.65 Å². The highest BCUT2D eigenvalue weighted by Crippen LogP contribution is 2.39. The SMILES string of the molecule is CC(=O)C(C)c1nc2ncccc2n1C1CC1. The van der Waals surface area contributed by atoms with Crippen LogP contribution >= 0.6 is 0 Å². The summed E-state index contributed by atoms with van der Waals surface area (Å²) in [5.41, 5.74) is 1.81. The van der Waals surface area contributed by atoms with Crippen LogP contribution in [0.25, 0.3) is 11.2 Å². The van der Waals surface area contributed by atoms with Crippen LogP contribution in [0, 0.1) is 0 Å². The second-order valence-electron chi connectivity index (χ2n) is 4.75. The van der Waals surface area contributed by atoms with Gasteiger partial charge in [0.2, 0.25) is 0 Å². The molecule has 0 N–H and O–H groups in total. The van der Waals surface area contributed by atoms with Crippen LogP contribution in [0.5, 0.6) is 0 Å². The number of hydrogen-bond donors (Lipinski definition) is 0. The van der Waals surface area contributed by atoms with Crippen LogP contribution in [0.3, 0.4) is 0 Å². The van der Waals surface area contributed by atoms with Crippen LogP contribution in [0.4, 0.5) is 0 Å². The summed E-state index contributed by atoms with van der Waals surface area (Å²) < 4.78 is 2.20. The van der Waals surface area contributed by atoms with E-state index < -0.39 is 0 Å². The molecule has 1 aliphatic carbocycles. The molecule has 1 atom stereocenters. The minimum Gasteiger partial charge on any atom is -0.323 e. The third kappa shape index (κ3) is 1.64. The maximum atomic E-state index is 11.5. The topological polar surface area (TPSA) is 47.8 Å². The van der Waals surface area contributed by atoms with E-state index in [9.17, 15) is 4.79 Å². The van der Waals surface area contributed by atoms with Gasteiger partial charge >= 0.3 is 0 Å². The molecule has 0 amide bonds. The van der Waals surface area contributed by atoms with E-state index in [0.29, 0.717) is 6.04 Å². The van der Waals surface area contributed by atoms with Gasteiger partial charge in [0.25, 0.3) is 0 Å². The Bertz CT molecular complexity index is 583. The normalized spacial score (nSPS) is 17.3. The first kappa shape index (κ1) is 10.4. The summed E-state index contributed by atoms with van der Waals surface area (Å²) in [6.45, 7) is 3.54. The second kappa shape index (κ2) is 3.65. The predicted molar refractivity (Wildman–Crippen MR) is 64.9 cm³/mol. The predicted octanol–water partition coefficient (Wildman–Crippen LogP) is 2.46. The number of nitrogens with zero attached hydrogens (tertiary/aromatic N) is 3. The number of Topliss-reactive ketones (excluding diaryl/α,β-unsaturated/α-hetero) is 1. The van der Waals surface area contributed by atoms with Crippen molar-refractivity contribution >= 4 is 16.9 Å². The van der Waals surface area contributed by atoms with E-state index in [4.69, 9.17) is 0 Å². The summed E-state index contributed by atoms with van der Waals surface area (Å²) >= 11 is 0. The fraction of sp³-hybridized carbons (Fsp3) is 0.462. The van der Waals surface area contributed by atoms with Gasteiger partial charge in [-0.1, -0.05) is 0 Å². The Balaban J connectivity index is 2.22. The van der Waals surface area contributed by atoms with Crippen molar-refractivity contribution in [1.29, 1.82) is 0 Å². The largest absolute Gasteiger partial charge is 0.323 e. The van der Waals surface area contributed by atoms with Crippen LogP contribution in [0.15, 0.2) is 18.3 Å². The van der Waals surface area contributed by atoms with Crippen molar-refractivity contribution in [2.45, 2.75) is 38.6 Å². The molecule has 1 aliphatic rings. The Morgan fingerprint density at radius 3 is 2.94 bits per heavy atom. The average molecular weight is 229 g/mol. The van der Waals surface area contributed by atoms with Gasteiger partial charge in [-0.25, -0.2) is 9.97 Å². The number of ketones is 1. The summed E-state index contributed by atoms with van der Waals surface area (Å²) in [6, 6.07) is 4.47. The van der Waals surface area contributed by atoms with Crippen molar-refractivity contribution in [2.75, 3.05) is 0 Å². The Morgan fingerprint density at radius 1 is 1.53 bits per heavy atom. The van der Waals surface area contributed by atoms with Crippen molar-refractivity contribution in [3.63, 3.8) is 0 Å². The number of rotatable bonds is 3. The summed E-state index contributed by atoms with van der Waals surface area (Å²) in [6.07, 6.45) is 4.10. The van der Waals surface area contributed by atoms with E-state index in [0.717, 1.165) is 17.0 Å². The first-order valence-electron chi connectivity index (χ1n) is 6.02. The molecule has 88 valence electrons. The monoisotopic (exact) mass is 229 g/mol. The third-order valence-corrected chi connectivity index (χ3v) is 3.40. The van der Waals surface area contributed by atoms with E-state index in [-0.39, 0.29) is 11.7 Å². The number of imidazole rings is 1. The Morgan fingerprint density at radius 2 is 2.29 bits per heavy atom. The quantitative estimate of drug-likeness (QED) is 0.812. The molecule has 2 heterocycles. The Hall–Kier alpha value is -1.71. The molecule has 1 fully saturated rings. The molecule has 1 unspecified atom stereocenters. The second-order valence-corrected chi connectivity index (χ2v) is 4.75. The molecule has 1 saturated carbocycles. The van der Waals surface area contributed by atoms with Crippen molar-refractivity contribution < 1.29 is 4.79 Å². The minimum atomic E-state index is -0.148. The summed E-state index contributed by atoms with van der Waals surface area (Å²) in [7, 11) is 0. The first-order chi connectivity index (χ1) is 8.18. The zero-order chi connectivity index (χ0) is 12.0. The van der Waals surface area contributed by atoms with Crippen LogP contribution in [-0.2, 0) is 4.79 Å². The lowest BCUT2D eigenvalue weighted by Gasteiger charge is -2.11. The van der Waals surface area contributed by atoms with E-state index >= 15 is 0 Å². The number of pyridine rings is 1. The highest BCUT2D eigenvalue weighted by molar-refractivity contribution is 5.83. The van der Waals surface area contributed by atoms with Crippen LogP contribution < -0.4 is 0 Å². The summed E-state index contributed by atoms with van der Waals surface area (Å²) in [4.78, 5) is 20.3. The molecule has 4 nitrogen and oxygen atoms in total. The third-order valence-electron chi connectivity index (χ3n) is 3.40. The van der Waals surface area contributed by atoms with Crippen molar-refractivity contribution in [3.05, 3.63) is 24.2 Å². The highest BCUT2D eigenvalue weighted by Gasteiger charge is 2.31. The van der Waals surface area contributed by atoms with Gasteiger partial charge < -0.3 is 4.57 Å². The van der Waals surface area contributed by atoms with Crippen molar-refractivity contribution in [2.24, 2.45) is 0 Å². The molecule has 0 spiro atoms. The fourth-order valence-corrected chi connectivity index (χ4v) is 2.15. The molecule has 0 radical (unpaired) electrons. The maximum Gasteiger partial charge on any atom is 0.177 e. The molecule has 17 heavy (non-hydrogen) atoms. The van der Waals surface area contributed by atoms with Gasteiger partial charge in [-0.15, -0.1) is 0 Å². The van der Waals surface area contributed by atoms with Gasteiger partial charge in [0.1, 0.15) is 11.6 Å². The molecule has 0 saturated heterocycles. The average Bonchev–Trinajstić information content (AvgIpc) is 3.08. The zero-order valence-electron chi connectivity index (χ0n) is 10.1. The number of carbonyl (C=O) groups excluding carboxylic acids is 1. The number of fused-ring (bicyclic) bond motifs is 1. The zero-order valence-corrected chi connectivity index (χ0v) is 10.1. The number of hydrogen-bond acceptors (Lipinski definition) is 3. The van der Waals surface area contributed by atoms with Gasteiger partial charge in [0, 0.05) is 12.2 Å². The molecule has 4 heteroatoms. The number of carbonyl (C=O) groups is 1. The lowest BCUT2D eigenvalue weighted by molar-refractivity contribution is -0.118. The lowest BCUT2D eigenvalue weighted by atomic mass is 10.1. The molecule has 0 bridgehead atoms. The van der Waals surface area contributed by atoms with Gasteiger partial charge in [-0.3, -0.25) is 4.79 Å². The summed E-state index contributed by atoms with van der Waals surface area (Å²) in [5, 5.41) is 0. The Labute approximate surface area is 99.7 Å². The van der Waals surface area contributed by atoms with E-state index in [1.165, 1.54) is 12.8 Å². The standard InChI is InChI=1S/C13H15N3O/c1-8(9(2)17)13-15-12-11(4-3-7-14-12)16(13)10-5-6-10/h3-4,7-8,10H,5-6H2,1-2H3. The molecule has 3 rings (SSSR count). The van der Waals surface area contributed by atoms with Crippen LogP contribution in [0.2, 0.25) is 0 Å². The molecular weight excluding hydrogens is 214 g/mol. The van der Waals surface area contributed by atoms with E-state index in [1.807, 2.05) is 19.1 Å². The van der Waals surface area contributed by atoms with Crippen molar-refractivity contribution in [1.82, 2.24) is 14.5 Å². The van der Waals surface area contributed by atoms with Gasteiger partial charge in [0.05, 0.1) is 11.4 Å². The molecule has 0 aromatic carbocycles. The Kier molecular flexibility index (Phi) is 2.24. The lowest BCUT2D eigenvalue weighted by Crippen LogP contribution is -2.11. The van der Waals surface area contributed by atoms with Crippen molar-refractivity contribution in [3.8, 4) is 0 Å². The number of aromatic nitrogens is 3. The van der Waals surface area contributed by atoms with E-state index in [2.05, 4.69) is 14.5 Å². The molecule has 2 aromatic rings.